The summed E-state index contributed by atoms with van der Waals surface area (Å²) in [6, 6.07) is 5.30. The van der Waals surface area contributed by atoms with Crippen molar-refractivity contribution in [1.29, 1.82) is 5.26 Å². The summed E-state index contributed by atoms with van der Waals surface area (Å²) in [4.78, 5) is 25.9. The van der Waals surface area contributed by atoms with Crippen LogP contribution in [0.3, 0.4) is 0 Å². The molecule has 0 radical (unpaired) electrons. The van der Waals surface area contributed by atoms with Gasteiger partial charge >= 0.3 is 7.12 Å². The molecule has 150 valence electrons. The van der Waals surface area contributed by atoms with Crippen LogP contribution in [0.4, 0.5) is 10.1 Å². The van der Waals surface area contributed by atoms with Crippen molar-refractivity contribution in [3.63, 3.8) is 0 Å². The second-order valence-electron chi connectivity index (χ2n) is 7.21. The lowest BCUT2D eigenvalue weighted by molar-refractivity contribution is -0.127. The minimum absolute atomic E-state index is 0.146. The third-order valence-corrected chi connectivity index (χ3v) is 4.56. The van der Waals surface area contributed by atoms with E-state index in [1.54, 1.807) is 4.90 Å². The zero-order valence-corrected chi connectivity index (χ0v) is 15.9. The molecule has 10 heteroatoms. The average molecular weight is 390 g/mol. The molecule has 4 N–H and O–H groups in total. The highest BCUT2D eigenvalue weighted by atomic mass is 19.1. The summed E-state index contributed by atoms with van der Waals surface area (Å²) >= 11 is 0. The van der Waals surface area contributed by atoms with E-state index in [2.05, 4.69) is 10.6 Å². The number of amides is 2. The van der Waals surface area contributed by atoms with E-state index in [1.165, 1.54) is 12.1 Å². The topological polar surface area (TPSA) is 126 Å². The number of carbonyl (C=O) groups is 2. The third-order valence-electron chi connectivity index (χ3n) is 4.56. The Labute approximate surface area is 163 Å². The van der Waals surface area contributed by atoms with Gasteiger partial charge in [-0.25, -0.2) is 4.39 Å². The monoisotopic (exact) mass is 390 g/mol. The molecule has 0 aliphatic carbocycles. The fraction of sp³-hybridized carbons (Fsp3) is 0.500. The molecule has 1 heterocycles. The van der Waals surface area contributed by atoms with Crippen LogP contribution in [0.1, 0.15) is 32.3 Å². The highest BCUT2D eigenvalue weighted by Crippen LogP contribution is 2.29. The number of anilines is 1. The van der Waals surface area contributed by atoms with Crippen LogP contribution < -0.4 is 15.5 Å². The van der Waals surface area contributed by atoms with E-state index >= 15 is 0 Å². The van der Waals surface area contributed by atoms with Gasteiger partial charge in [0.15, 0.2) is 0 Å². The Balaban J connectivity index is 1.89. The summed E-state index contributed by atoms with van der Waals surface area (Å²) in [6.07, 6.45) is 0.893. The first kappa shape index (κ1) is 21.7. The van der Waals surface area contributed by atoms with Crippen molar-refractivity contribution in [2.24, 2.45) is 5.92 Å². The minimum Gasteiger partial charge on any atom is -0.426 e. The Morgan fingerprint density at radius 2 is 2.14 bits per heavy atom. The summed E-state index contributed by atoms with van der Waals surface area (Å²) in [7, 11) is -1.69. The van der Waals surface area contributed by atoms with E-state index in [-0.39, 0.29) is 23.7 Å². The molecule has 2 unspecified atom stereocenters. The lowest BCUT2D eigenvalue weighted by atomic mass is 9.75. The fourth-order valence-electron chi connectivity index (χ4n) is 3.06. The van der Waals surface area contributed by atoms with Gasteiger partial charge in [0, 0.05) is 6.54 Å². The van der Waals surface area contributed by atoms with Gasteiger partial charge in [0.05, 0.1) is 29.8 Å². The van der Waals surface area contributed by atoms with Crippen LogP contribution in [0.15, 0.2) is 18.2 Å². The molecule has 1 fully saturated rings. The number of carbonyl (C=O) groups excluding carboxylic acids is 2. The maximum Gasteiger partial charge on any atom is 0.475 e. The maximum absolute atomic E-state index is 14.1. The molecule has 1 aliphatic rings. The van der Waals surface area contributed by atoms with Crippen LogP contribution in [0.5, 0.6) is 0 Å². The van der Waals surface area contributed by atoms with Crippen LogP contribution in [-0.4, -0.2) is 54.1 Å². The van der Waals surface area contributed by atoms with Crippen molar-refractivity contribution in [3.8, 4) is 6.07 Å². The van der Waals surface area contributed by atoms with Crippen molar-refractivity contribution < 1.29 is 24.0 Å². The number of halogens is 1. The van der Waals surface area contributed by atoms with E-state index in [0.717, 1.165) is 6.07 Å². The van der Waals surface area contributed by atoms with E-state index in [0.29, 0.717) is 19.4 Å². The van der Waals surface area contributed by atoms with Gasteiger partial charge in [0.1, 0.15) is 11.9 Å². The first-order valence-corrected chi connectivity index (χ1v) is 9.12. The van der Waals surface area contributed by atoms with Crippen LogP contribution in [0, 0.1) is 23.1 Å². The molecule has 1 aliphatic heterocycles. The summed E-state index contributed by atoms with van der Waals surface area (Å²) in [5.74, 6) is -2.22. The van der Waals surface area contributed by atoms with Gasteiger partial charge in [-0.3, -0.25) is 9.59 Å². The van der Waals surface area contributed by atoms with E-state index < -0.39 is 36.7 Å². The van der Waals surface area contributed by atoms with Gasteiger partial charge in [-0.15, -0.1) is 0 Å². The number of nitriles is 1. The second-order valence-corrected chi connectivity index (χ2v) is 7.21. The Bertz CT molecular complexity index is 768. The Hall–Kier alpha value is -2.64. The summed E-state index contributed by atoms with van der Waals surface area (Å²) in [5.41, 5.74) is 0.428. The molecule has 0 saturated carbocycles. The molecule has 0 spiro atoms. The van der Waals surface area contributed by atoms with E-state index in [9.17, 15) is 24.0 Å². The van der Waals surface area contributed by atoms with Crippen LogP contribution in [0.2, 0.25) is 0 Å². The first-order valence-electron chi connectivity index (χ1n) is 9.12. The molecule has 1 saturated heterocycles. The van der Waals surface area contributed by atoms with Gasteiger partial charge in [0.25, 0.3) is 0 Å². The lowest BCUT2D eigenvalue weighted by Crippen LogP contribution is -2.58. The maximum atomic E-state index is 14.1. The number of hydrogen-bond donors (Lipinski definition) is 4. The van der Waals surface area contributed by atoms with Crippen molar-refractivity contribution in [1.82, 2.24) is 10.6 Å². The number of nitrogens with one attached hydrogen (secondary N) is 2. The molecular weight excluding hydrogens is 366 g/mol. The third kappa shape index (κ3) is 5.44. The standard InChI is InChI=1S/C18H24BFN4O4/c1-11(2)7-16(19(27)28)23-17(25)10-22-18(26)15-5-6-24(15)14-4-3-12(9-21)8-13(14)20/h3-4,8,11,15-16,27-28H,5-7,10H2,1-2H3,(H,22,26)(H,23,25). The predicted molar refractivity (Wildman–Crippen MR) is 101 cm³/mol. The Morgan fingerprint density at radius 3 is 2.64 bits per heavy atom. The molecule has 1 aromatic carbocycles. The first-order chi connectivity index (χ1) is 13.2. The molecule has 0 bridgehead atoms. The van der Waals surface area contributed by atoms with Gasteiger partial charge < -0.3 is 25.6 Å². The summed E-state index contributed by atoms with van der Waals surface area (Å²) in [6.45, 7) is 3.94. The highest BCUT2D eigenvalue weighted by Gasteiger charge is 2.36. The Morgan fingerprint density at radius 1 is 1.43 bits per heavy atom. The van der Waals surface area contributed by atoms with Crippen molar-refractivity contribution >= 4 is 24.6 Å². The molecule has 2 amide bonds. The zero-order chi connectivity index (χ0) is 20.8. The van der Waals surface area contributed by atoms with Gasteiger partial charge in [0.2, 0.25) is 11.8 Å². The SMILES string of the molecule is CC(C)CC(NC(=O)CNC(=O)C1CCN1c1ccc(C#N)cc1F)B(O)O. The zero-order valence-electron chi connectivity index (χ0n) is 15.9. The Kier molecular flexibility index (Phi) is 7.37. The van der Waals surface area contributed by atoms with Crippen molar-refractivity contribution in [2.45, 2.75) is 38.7 Å². The molecule has 8 nitrogen and oxygen atoms in total. The predicted octanol–water partition coefficient (Wildman–Crippen LogP) is -0.0648. The largest absolute Gasteiger partial charge is 0.475 e. The van der Waals surface area contributed by atoms with E-state index in [4.69, 9.17) is 5.26 Å². The average Bonchev–Trinajstić information content (AvgIpc) is 2.59. The number of hydrogen-bond acceptors (Lipinski definition) is 6. The van der Waals surface area contributed by atoms with Crippen LogP contribution in [-0.2, 0) is 9.59 Å². The van der Waals surface area contributed by atoms with Gasteiger partial charge in [-0.1, -0.05) is 13.8 Å². The fourth-order valence-corrected chi connectivity index (χ4v) is 3.06. The number of nitrogens with zero attached hydrogens (tertiary/aromatic N) is 2. The second kappa shape index (κ2) is 9.53. The normalized spacial score (nSPS) is 16.8. The van der Waals surface area contributed by atoms with Gasteiger partial charge in [-0.05, 0) is 37.0 Å². The van der Waals surface area contributed by atoms with Gasteiger partial charge in [-0.2, -0.15) is 5.26 Å². The minimum atomic E-state index is -1.69. The molecule has 0 aromatic heterocycles. The van der Waals surface area contributed by atoms with Crippen molar-refractivity contribution in [2.75, 3.05) is 18.0 Å². The number of benzene rings is 1. The molecular formula is C18H24BFN4O4. The lowest BCUT2D eigenvalue weighted by Gasteiger charge is -2.41. The molecule has 28 heavy (non-hydrogen) atoms. The van der Waals surface area contributed by atoms with Crippen molar-refractivity contribution in [3.05, 3.63) is 29.6 Å². The molecule has 2 rings (SSSR count). The smallest absolute Gasteiger partial charge is 0.426 e. The van der Waals surface area contributed by atoms with Crippen LogP contribution >= 0.6 is 0 Å². The van der Waals surface area contributed by atoms with E-state index in [1.807, 2.05) is 19.9 Å². The quantitative estimate of drug-likeness (QED) is 0.461. The van der Waals surface area contributed by atoms with Crippen LogP contribution in [0.25, 0.3) is 0 Å². The molecule has 1 aromatic rings. The number of rotatable bonds is 8. The summed E-state index contributed by atoms with van der Waals surface area (Å²) < 4.78 is 14.1. The molecule has 2 atom stereocenters. The highest BCUT2D eigenvalue weighted by molar-refractivity contribution is 6.43. The summed E-state index contributed by atoms with van der Waals surface area (Å²) in [5, 5.41) is 32.5.